The lowest BCUT2D eigenvalue weighted by Crippen LogP contribution is -2.13. The fraction of sp³-hybridized carbons (Fsp3) is 0.500. The average Bonchev–Trinajstić information content (AvgIpc) is 2.86. The van der Waals surface area contributed by atoms with Crippen molar-refractivity contribution in [2.24, 2.45) is 5.92 Å². The lowest BCUT2D eigenvalue weighted by molar-refractivity contribution is 0.294. The molecule has 3 nitrogen and oxygen atoms in total. The van der Waals surface area contributed by atoms with E-state index in [0.717, 1.165) is 24.3 Å². The largest absolute Gasteiger partial charge is 0.490 e. The maximum atomic E-state index is 14.8. The molecule has 0 N–H and O–H groups in total. The van der Waals surface area contributed by atoms with Crippen LogP contribution in [0.25, 0.3) is 22.1 Å². The van der Waals surface area contributed by atoms with Gasteiger partial charge in [0.25, 0.3) is 0 Å². The number of hydrogen-bond acceptors (Lipinski definition) is 3. The summed E-state index contributed by atoms with van der Waals surface area (Å²) >= 11 is 0. The van der Waals surface area contributed by atoms with Crippen LogP contribution in [0.5, 0.6) is 5.75 Å². The first-order chi connectivity index (χ1) is 16.6. The van der Waals surface area contributed by atoms with Gasteiger partial charge in [-0.3, -0.25) is 0 Å². The van der Waals surface area contributed by atoms with Gasteiger partial charge < -0.3 is 9.15 Å². The van der Waals surface area contributed by atoms with Crippen LogP contribution in [-0.4, -0.2) is 6.61 Å². The van der Waals surface area contributed by atoms with Crippen molar-refractivity contribution < 1.29 is 13.5 Å². The summed E-state index contributed by atoms with van der Waals surface area (Å²) < 4.78 is 25.7. The zero-order chi connectivity index (χ0) is 23.9. The van der Waals surface area contributed by atoms with Gasteiger partial charge >= 0.3 is 5.63 Å². The molecule has 0 amide bonds. The molecule has 1 saturated carbocycles. The number of unbranched alkanes of at least 4 members (excludes halogenated alkanes) is 3. The summed E-state index contributed by atoms with van der Waals surface area (Å²) in [6.07, 6.45) is 12.3. The molecule has 0 radical (unpaired) electrons. The molecule has 1 aliphatic rings. The molecule has 0 saturated heterocycles. The molecule has 0 spiro atoms. The molecule has 0 bridgehead atoms. The standard InChI is InChI=1S/C30H37FO3/c1-3-5-7-8-21-9-11-22(12-10-21)23-13-15-24(16-14-23)26-20-25-17-18-27(33-19-6-4-2)28(31)29(25)34-30(26)32/h13-18,20-22H,3-12,19H2,1-2H3/t21-,22-. The van der Waals surface area contributed by atoms with Gasteiger partial charge in [0.05, 0.1) is 12.2 Å². The lowest BCUT2D eigenvalue weighted by atomic mass is 9.77. The summed E-state index contributed by atoms with van der Waals surface area (Å²) in [5.74, 6) is 1.01. The van der Waals surface area contributed by atoms with Crippen LogP contribution in [0.15, 0.2) is 51.7 Å². The third kappa shape index (κ3) is 5.71. The summed E-state index contributed by atoms with van der Waals surface area (Å²) in [6, 6.07) is 13.4. The van der Waals surface area contributed by atoms with E-state index in [0.29, 0.717) is 23.5 Å². The van der Waals surface area contributed by atoms with E-state index >= 15 is 0 Å². The van der Waals surface area contributed by atoms with E-state index in [1.165, 1.54) is 56.9 Å². The minimum Gasteiger partial charge on any atom is -0.490 e. The van der Waals surface area contributed by atoms with E-state index in [4.69, 9.17) is 9.15 Å². The average molecular weight is 465 g/mol. The van der Waals surface area contributed by atoms with Crippen LogP contribution >= 0.6 is 0 Å². The fourth-order valence-electron chi connectivity index (χ4n) is 5.17. The fourth-order valence-corrected chi connectivity index (χ4v) is 5.17. The van der Waals surface area contributed by atoms with Crippen molar-refractivity contribution in [3.63, 3.8) is 0 Å². The molecule has 2 aromatic carbocycles. The molecular formula is C30H37FO3. The third-order valence-corrected chi connectivity index (χ3v) is 7.32. The van der Waals surface area contributed by atoms with Gasteiger partial charge in [0.2, 0.25) is 5.82 Å². The Balaban J connectivity index is 1.46. The Morgan fingerprint density at radius 3 is 2.38 bits per heavy atom. The minimum absolute atomic E-state index is 0.0462. The lowest BCUT2D eigenvalue weighted by Gasteiger charge is -2.29. The Hall–Kier alpha value is -2.62. The maximum Gasteiger partial charge on any atom is 0.344 e. The van der Waals surface area contributed by atoms with E-state index in [1.807, 2.05) is 19.1 Å². The van der Waals surface area contributed by atoms with Gasteiger partial charge in [-0.05, 0) is 73.3 Å². The van der Waals surface area contributed by atoms with Crippen LogP contribution in [0.4, 0.5) is 4.39 Å². The normalized spacial score (nSPS) is 18.3. The molecule has 182 valence electrons. The van der Waals surface area contributed by atoms with Crippen molar-refractivity contribution in [1.29, 1.82) is 0 Å². The Bertz CT molecular complexity index is 1120. The Morgan fingerprint density at radius 1 is 0.941 bits per heavy atom. The van der Waals surface area contributed by atoms with Crippen molar-refractivity contribution in [3.8, 4) is 16.9 Å². The first-order valence-corrected chi connectivity index (χ1v) is 13.1. The molecule has 4 rings (SSSR count). The second kappa shape index (κ2) is 11.7. The van der Waals surface area contributed by atoms with Crippen LogP contribution in [-0.2, 0) is 0 Å². The summed E-state index contributed by atoms with van der Waals surface area (Å²) in [6.45, 7) is 4.75. The monoisotopic (exact) mass is 464 g/mol. The van der Waals surface area contributed by atoms with Crippen LogP contribution in [0, 0.1) is 11.7 Å². The zero-order valence-corrected chi connectivity index (χ0v) is 20.6. The molecule has 0 aliphatic heterocycles. The van der Waals surface area contributed by atoms with Gasteiger partial charge in [-0.1, -0.05) is 70.2 Å². The smallest absolute Gasteiger partial charge is 0.344 e. The number of ether oxygens (including phenoxy) is 1. The molecule has 1 aromatic heterocycles. The van der Waals surface area contributed by atoms with Gasteiger partial charge in [0, 0.05) is 5.39 Å². The molecule has 0 unspecified atom stereocenters. The number of rotatable bonds is 10. The van der Waals surface area contributed by atoms with Crippen LogP contribution in [0.1, 0.15) is 89.5 Å². The summed E-state index contributed by atoms with van der Waals surface area (Å²) in [5, 5.41) is 0.556. The van der Waals surface area contributed by atoms with Gasteiger partial charge in [0.15, 0.2) is 11.3 Å². The summed E-state index contributed by atoms with van der Waals surface area (Å²) in [5.41, 5.74) is 2.03. The van der Waals surface area contributed by atoms with Gasteiger partial charge in [-0.2, -0.15) is 4.39 Å². The number of hydrogen-bond donors (Lipinski definition) is 0. The van der Waals surface area contributed by atoms with Crippen molar-refractivity contribution in [2.45, 2.75) is 84.0 Å². The Kier molecular flexibility index (Phi) is 8.42. The second-order valence-corrected chi connectivity index (χ2v) is 9.78. The molecule has 1 fully saturated rings. The van der Waals surface area contributed by atoms with Gasteiger partial charge in [-0.25, -0.2) is 4.79 Å². The predicted octanol–water partition coefficient (Wildman–Crippen LogP) is 8.63. The number of halogens is 1. The van der Waals surface area contributed by atoms with E-state index < -0.39 is 11.4 Å². The highest BCUT2D eigenvalue weighted by Gasteiger charge is 2.22. The summed E-state index contributed by atoms with van der Waals surface area (Å²) in [7, 11) is 0. The quantitative estimate of drug-likeness (QED) is 0.223. The summed E-state index contributed by atoms with van der Waals surface area (Å²) in [4.78, 5) is 12.7. The highest BCUT2D eigenvalue weighted by atomic mass is 19.1. The number of benzene rings is 2. The maximum absolute atomic E-state index is 14.8. The van der Waals surface area contributed by atoms with Crippen molar-refractivity contribution in [3.05, 3.63) is 64.3 Å². The van der Waals surface area contributed by atoms with E-state index in [9.17, 15) is 9.18 Å². The molecule has 0 atom stereocenters. The van der Waals surface area contributed by atoms with Gasteiger partial charge in [-0.15, -0.1) is 0 Å². The number of fused-ring (bicyclic) bond motifs is 1. The van der Waals surface area contributed by atoms with Crippen LogP contribution in [0.2, 0.25) is 0 Å². The van der Waals surface area contributed by atoms with Crippen molar-refractivity contribution >= 4 is 11.0 Å². The molecule has 4 heteroatoms. The molecule has 1 heterocycles. The van der Waals surface area contributed by atoms with Crippen LogP contribution < -0.4 is 10.4 Å². The van der Waals surface area contributed by atoms with E-state index in [2.05, 4.69) is 19.1 Å². The van der Waals surface area contributed by atoms with E-state index in [1.54, 1.807) is 18.2 Å². The Labute approximate surface area is 202 Å². The van der Waals surface area contributed by atoms with Gasteiger partial charge in [0.1, 0.15) is 0 Å². The SMILES string of the molecule is CCCCC[C@H]1CC[C@H](c2ccc(-c3cc4ccc(OCCCC)c(F)c4oc3=O)cc2)CC1. The van der Waals surface area contributed by atoms with E-state index in [-0.39, 0.29) is 11.3 Å². The predicted molar refractivity (Wildman–Crippen MR) is 137 cm³/mol. The highest BCUT2D eigenvalue weighted by molar-refractivity contribution is 5.83. The topological polar surface area (TPSA) is 39.4 Å². The van der Waals surface area contributed by atoms with Crippen molar-refractivity contribution in [2.75, 3.05) is 6.61 Å². The first-order valence-electron chi connectivity index (χ1n) is 13.1. The zero-order valence-electron chi connectivity index (χ0n) is 20.6. The molecule has 3 aromatic rings. The molecule has 1 aliphatic carbocycles. The minimum atomic E-state index is -0.613. The van der Waals surface area contributed by atoms with Crippen LogP contribution in [0.3, 0.4) is 0 Å². The Morgan fingerprint density at radius 2 is 1.68 bits per heavy atom. The third-order valence-electron chi connectivity index (χ3n) is 7.32. The molecular weight excluding hydrogens is 427 g/mol. The van der Waals surface area contributed by atoms with Crippen molar-refractivity contribution in [1.82, 2.24) is 0 Å². The first kappa shape index (κ1) is 24.5. The molecule has 34 heavy (non-hydrogen) atoms. The second-order valence-electron chi connectivity index (χ2n) is 9.78. The highest BCUT2D eigenvalue weighted by Crippen LogP contribution is 2.38.